The maximum absolute atomic E-state index is 12.6. The van der Waals surface area contributed by atoms with Gasteiger partial charge in [-0.05, 0) is 36.1 Å². The van der Waals surface area contributed by atoms with E-state index in [2.05, 4.69) is 34.5 Å². The lowest BCUT2D eigenvalue weighted by Crippen LogP contribution is -2.25. The highest BCUT2D eigenvalue weighted by Gasteiger charge is 2.25. The van der Waals surface area contributed by atoms with Crippen molar-refractivity contribution in [2.24, 2.45) is 0 Å². The Balaban J connectivity index is 1.91. The average molecular weight is 476 g/mol. The van der Waals surface area contributed by atoms with Crippen LogP contribution in [-0.4, -0.2) is 30.8 Å². The van der Waals surface area contributed by atoms with Crippen LogP contribution in [0.25, 0.3) is 39.1 Å². The minimum atomic E-state index is -0.390. The third-order valence-electron chi connectivity index (χ3n) is 5.54. The molecule has 0 aliphatic heterocycles. The summed E-state index contributed by atoms with van der Waals surface area (Å²) >= 11 is 8.28. The summed E-state index contributed by atoms with van der Waals surface area (Å²) in [5, 5.41) is 8.20. The van der Waals surface area contributed by atoms with Gasteiger partial charge in [-0.3, -0.25) is 0 Å². The fraction of sp³-hybridized carbons (Fsp3) is 0.200. The van der Waals surface area contributed by atoms with Gasteiger partial charge < -0.3 is 0 Å². The fourth-order valence-electron chi connectivity index (χ4n) is 3.93. The zero-order valence-corrected chi connectivity index (χ0v) is 20.3. The Morgan fingerprint density at radius 3 is 2.39 bits per heavy atom. The molecule has 2 aromatic carbocycles. The zero-order chi connectivity index (χ0) is 23.3. The van der Waals surface area contributed by atoms with Crippen LogP contribution in [0, 0.1) is 0 Å². The van der Waals surface area contributed by atoms with E-state index in [0.717, 1.165) is 22.4 Å². The first-order valence-corrected chi connectivity index (χ1v) is 12.1. The molecule has 33 heavy (non-hydrogen) atoms. The van der Waals surface area contributed by atoms with Gasteiger partial charge in [-0.15, -0.1) is 11.8 Å². The van der Waals surface area contributed by atoms with Crippen molar-refractivity contribution in [2.75, 3.05) is 6.26 Å². The molecule has 3 aromatic heterocycles. The highest BCUT2D eigenvalue weighted by atomic mass is 35.5. The van der Waals surface area contributed by atoms with Crippen LogP contribution in [-0.2, 0) is 5.41 Å². The molecule has 3 heterocycles. The normalized spacial score (nSPS) is 12.0. The molecule has 0 aliphatic carbocycles. The number of fused-ring (bicyclic) bond motifs is 3. The SMILES string of the molecule is CSc1ccc(-c2cc3c(nc2-c2ccccc2Cl)nc(C(C)(C)C)n2c(=O)[nH]nc32)cc1. The maximum atomic E-state index is 12.6. The molecule has 0 amide bonds. The number of hydrogen-bond donors (Lipinski definition) is 1. The van der Waals surface area contributed by atoms with Gasteiger partial charge in [-0.1, -0.05) is 62.7 Å². The number of benzene rings is 2. The van der Waals surface area contributed by atoms with E-state index >= 15 is 0 Å². The molecule has 1 N–H and O–H groups in total. The molecule has 0 unspecified atom stereocenters. The number of hydrogen-bond acceptors (Lipinski definition) is 5. The van der Waals surface area contributed by atoms with E-state index in [1.54, 1.807) is 16.2 Å². The van der Waals surface area contributed by atoms with Gasteiger partial charge in [0, 0.05) is 26.5 Å². The summed E-state index contributed by atoms with van der Waals surface area (Å²) in [6.07, 6.45) is 2.05. The van der Waals surface area contributed by atoms with Crippen LogP contribution in [0.15, 0.2) is 64.3 Å². The molecular formula is C25H22ClN5OS. The molecule has 6 nitrogen and oxygen atoms in total. The molecular weight excluding hydrogens is 454 g/mol. The Labute approximate surface area is 200 Å². The van der Waals surface area contributed by atoms with Crippen LogP contribution < -0.4 is 5.69 Å². The van der Waals surface area contributed by atoms with Crippen molar-refractivity contribution >= 4 is 40.0 Å². The van der Waals surface area contributed by atoms with Gasteiger partial charge in [0.1, 0.15) is 5.82 Å². The first-order valence-electron chi connectivity index (χ1n) is 10.5. The summed E-state index contributed by atoms with van der Waals surface area (Å²) < 4.78 is 1.54. The molecule has 0 fully saturated rings. The summed E-state index contributed by atoms with van der Waals surface area (Å²) in [5.41, 5.74) is 3.77. The largest absolute Gasteiger partial charge is 0.349 e. The van der Waals surface area contributed by atoms with Gasteiger partial charge in [-0.2, -0.15) is 5.10 Å². The molecule has 5 aromatic rings. The molecule has 0 atom stereocenters. The number of pyridine rings is 1. The van der Waals surface area contributed by atoms with Gasteiger partial charge in [0.05, 0.1) is 11.1 Å². The number of aromatic amines is 1. The minimum absolute atomic E-state index is 0.314. The lowest BCUT2D eigenvalue weighted by atomic mass is 9.95. The average Bonchev–Trinajstić information content (AvgIpc) is 3.19. The van der Waals surface area contributed by atoms with Gasteiger partial charge in [0.2, 0.25) is 0 Å². The van der Waals surface area contributed by atoms with E-state index in [1.165, 1.54) is 4.90 Å². The Bertz CT molecular complexity index is 1560. The molecule has 0 aliphatic rings. The predicted octanol–water partition coefficient (Wildman–Crippen LogP) is 5.97. The van der Waals surface area contributed by atoms with E-state index in [-0.39, 0.29) is 5.69 Å². The fourth-order valence-corrected chi connectivity index (χ4v) is 4.56. The van der Waals surface area contributed by atoms with Crippen molar-refractivity contribution < 1.29 is 0 Å². The van der Waals surface area contributed by atoms with E-state index in [1.807, 2.05) is 57.4 Å². The second-order valence-electron chi connectivity index (χ2n) is 8.84. The van der Waals surface area contributed by atoms with Gasteiger partial charge in [0.15, 0.2) is 11.3 Å². The van der Waals surface area contributed by atoms with E-state index < -0.39 is 5.41 Å². The van der Waals surface area contributed by atoms with E-state index in [4.69, 9.17) is 21.6 Å². The lowest BCUT2D eigenvalue weighted by Gasteiger charge is -2.20. The number of thioether (sulfide) groups is 1. The van der Waals surface area contributed by atoms with Crippen molar-refractivity contribution in [1.29, 1.82) is 0 Å². The van der Waals surface area contributed by atoms with E-state index in [0.29, 0.717) is 27.5 Å². The second-order valence-corrected chi connectivity index (χ2v) is 10.1. The van der Waals surface area contributed by atoms with Crippen molar-refractivity contribution in [2.45, 2.75) is 31.1 Å². The molecule has 0 saturated heterocycles. The van der Waals surface area contributed by atoms with Gasteiger partial charge in [-0.25, -0.2) is 24.3 Å². The third-order valence-corrected chi connectivity index (χ3v) is 6.61. The molecule has 0 saturated carbocycles. The first kappa shape index (κ1) is 21.7. The first-order chi connectivity index (χ1) is 15.8. The topological polar surface area (TPSA) is 75.9 Å². The van der Waals surface area contributed by atoms with Crippen LogP contribution in [0.1, 0.15) is 26.6 Å². The summed E-state index contributed by atoms with van der Waals surface area (Å²) in [7, 11) is 0. The number of nitrogens with one attached hydrogen (secondary N) is 1. The smallest absolute Gasteiger partial charge is 0.246 e. The van der Waals surface area contributed by atoms with Crippen molar-refractivity contribution in [3.05, 3.63) is 75.9 Å². The number of nitrogens with zero attached hydrogens (tertiary/aromatic N) is 4. The summed E-state index contributed by atoms with van der Waals surface area (Å²) in [6.45, 7) is 6.03. The zero-order valence-electron chi connectivity index (χ0n) is 18.7. The Hall–Kier alpha value is -3.16. The van der Waals surface area contributed by atoms with E-state index in [9.17, 15) is 4.79 Å². The molecule has 0 radical (unpaired) electrons. The highest BCUT2D eigenvalue weighted by molar-refractivity contribution is 7.98. The number of halogens is 1. The monoisotopic (exact) mass is 475 g/mol. The molecule has 0 spiro atoms. The highest BCUT2D eigenvalue weighted by Crippen LogP contribution is 2.38. The quantitative estimate of drug-likeness (QED) is 0.325. The second kappa shape index (κ2) is 8.01. The van der Waals surface area contributed by atoms with Crippen LogP contribution >= 0.6 is 23.4 Å². The van der Waals surface area contributed by atoms with Crippen LogP contribution in [0.2, 0.25) is 5.02 Å². The Morgan fingerprint density at radius 2 is 1.73 bits per heavy atom. The predicted molar refractivity (Wildman–Crippen MR) is 135 cm³/mol. The van der Waals surface area contributed by atoms with Crippen LogP contribution in [0.5, 0.6) is 0 Å². The number of rotatable bonds is 3. The lowest BCUT2D eigenvalue weighted by molar-refractivity contribution is 0.535. The van der Waals surface area contributed by atoms with Crippen molar-refractivity contribution in [3.63, 3.8) is 0 Å². The summed E-state index contributed by atoms with van der Waals surface area (Å²) in [5.74, 6) is 0.596. The molecule has 0 bridgehead atoms. The third kappa shape index (κ3) is 3.71. The van der Waals surface area contributed by atoms with Crippen molar-refractivity contribution in [3.8, 4) is 22.4 Å². The minimum Gasteiger partial charge on any atom is -0.246 e. The Morgan fingerprint density at radius 1 is 1.00 bits per heavy atom. The van der Waals surface area contributed by atoms with Crippen LogP contribution in [0.4, 0.5) is 0 Å². The summed E-state index contributed by atoms with van der Waals surface area (Å²) in [4.78, 5) is 23.6. The van der Waals surface area contributed by atoms with Gasteiger partial charge in [0.25, 0.3) is 0 Å². The molecule has 166 valence electrons. The summed E-state index contributed by atoms with van der Waals surface area (Å²) in [6, 6.07) is 18.0. The maximum Gasteiger partial charge on any atom is 0.349 e. The van der Waals surface area contributed by atoms with Crippen molar-refractivity contribution in [1.82, 2.24) is 24.6 Å². The molecule has 8 heteroatoms. The standard InChI is InChI=1S/C25H22ClN5OS/c1-25(2,3)23-28-21-18(22-29-30-24(32)31(22)23)13-17(14-9-11-15(33-4)12-10-14)20(27-21)16-7-5-6-8-19(16)26/h5-13H,1-4H3,(H,30,32). The molecule has 5 rings (SSSR count). The number of aromatic nitrogens is 5. The van der Waals surface area contributed by atoms with Gasteiger partial charge >= 0.3 is 5.69 Å². The number of H-pyrrole nitrogens is 1. The Kier molecular flexibility index (Phi) is 5.26. The van der Waals surface area contributed by atoms with Crippen LogP contribution in [0.3, 0.4) is 0 Å².